The molecule has 5 heteroatoms. The topological polar surface area (TPSA) is 33.6 Å². The summed E-state index contributed by atoms with van der Waals surface area (Å²) in [6.45, 7) is 5.17. The van der Waals surface area contributed by atoms with E-state index in [2.05, 4.69) is 27.5 Å². The van der Waals surface area contributed by atoms with Gasteiger partial charge in [-0.1, -0.05) is 6.92 Å². The number of hydrogen-bond acceptors (Lipinski definition) is 3. The standard InChI is InChI=1S/C12H17N3S2/c1-3-17-6-4-5-15-11-10(14-12(15)16)7-9(2)8-13-11/h7-8H,3-6H2,1-2H3,(H,14,16). The Morgan fingerprint density at radius 2 is 2.35 bits per heavy atom. The van der Waals surface area contributed by atoms with Gasteiger partial charge in [0.25, 0.3) is 0 Å². The molecule has 3 nitrogen and oxygen atoms in total. The second kappa shape index (κ2) is 5.69. The number of pyridine rings is 1. The molecule has 0 radical (unpaired) electrons. The molecule has 1 N–H and O–H groups in total. The minimum atomic E-state index is 0.777. The molecule has 0 amide bonds. The number of hydrogen-bond donors (Lipinski definition) is 1. The van der Waals surface area contributed by atoms with Gasteiger partial charge in [-0.15, -0.1) is 0 Å². The molecule has 0 aromatic carbocycles. The molecule has 2 heterocycles. The number of imidazole rings is 1. The number of rotatable bonds is 5. The Balaban J connectivity index is 2.21. The first-order valence-electron chi connectivity index (χ1n) is 5.85. The zero-order valence-corrected chi connectivity index (χ0v) is 11.8. The van der Waals surface area contributed by atoms with E-state index in [0.717, 1.165) is 34.5 Å². The van der Waals surface area contributed by atoms with Gasteiger partial charge < -0.3 is 9.55 Å². The smallest absolute Gasteiger partial charge is 0.179 e. The quantitative estimate of drug-likeness (QED) is 0.664. The van der Waals surface area contributed by atoms with Crippen molar-refractivity contribution in [3.8, 4) is 0 Å². The summed E-state index contributed by atoms with van der Waals surface area (Å²) < 4.78 is 2.87. The second-order valence-electron chi connectivity index (χ2n) is 4.02. The predicted octanol–water partition coefficient (Wildman–Crippen LogP) is 3.55. The molecule has 0 saturated carbocycles. The number of aromatic nitrogens is 3. The average molecular weight is 267 g/mol. The molecule has 0 aliphatic heterocycles. The van der Waals surface area contributed by atoms with E-state index in [1.165, 1.54) is 11.5 Å². The van der Waals surface area contributed by atoms with Gasteiger partial charge in [-0.05, 0) is 48.7 Å². The van der Waals surface area contributed by atoms with E-state index in [0.29, 0.717) is 0 Å². The van der Waals surface area contributed by atoms with Crippen LogP contribution in [0, 0.1) is 11.7 Å². The summed E-state index contributed by atoms with van der Waals surface area (Å²) in [4.78, 5) is 7.68. The minimum absolute atomic E-state index is 0.777. The fourth-order valence-corrected chi connectivity index (χ4v) is 2.73. The number of H-pyrrole nitrogens is 1. The lowest BCUT2D eigenvalue weighted by atomic mass is 10.3. The molecule has 0 atom stereocenters. The fourth-order valence-electron chi connectivity index (χ4n) is 1.82. The summed E-state index contributed by atoms with van der Waals surface area (Å²) in [5.41, 5.74) is 3.17. The van der Waals surface area contributed by atoms with Gasteiger partial charge >= 0.3 is 0 Å². The molecule has 0 spiro atoms. The molecular weight excluding hydrogens is 250 g/mol. The van der Waals surface area contributed by atoms with E-state index in [1.807, 2.05) is 24.9 Å². The Hall–Kier alpha value is -0.810. The lowest BCUT2D eigenvalue weighted by molar-refractivity contribution is 0.688. The summed E-state index contributed by atoms with van der Waals surface area (Å²) in [6, 6.07) is 2.09. The Bertz CT molecular complexity index is 556. The van der Waals surface area contributed by atoms with Crippen LogP contribution in [0.15, 0.2) is 12.3 Å². The van der Waals surface area contributed by atoms with Crippen molar-refractivity contribution < 1.29 is 0 Å². The maximum absolute atomic E-state index is 5.33. The Morgan fingerprint density at radius 1 is 1.53 bits per heavy atom. The molecule has 2 rings (SSSR count). The predicted molar refractivity (Wildman–Crippen MR) is 77.3 cm³/mol. The van der Waals surface area contributed by atoms with Crippen molar-refractivity contribution in [2.24, 2.45) is 0 Å². The van der Waals surface area contributed by atoms with Gasteiger partial charge in [0.05, 0.1) is 5.52 Å². The molecule has 2 aromatic rings. The first kappa shape index (κ1) is 12.6. The van der Waals surface area contributed by atoms with Gasteiger partial charge in [-0.2, -0.15) is 11.8 Å². The molecule has 0 unspecified atom stereocenters. The monoisotopic (exact) mass is 267 g/mol. The van der Waals surface area contributed by atoms with Crippen LogP contribution in [0.4, 0.5) is 0 Å². The van der Waals surface area contributed by atoms with Crippen LogP contribution >= 0.6 is 24.0 Å². The highest BCUT2D eigenvalue weighted by Crippen LogP contribution is 2.14. The van der Waals surface area contributed by atoms with Gasteiger partial charge in [0.1, 0.15) is 0 Å². The van der Waals surface area contributed by atoms with Crippen molar-refractivity contribution in [2.45, 2.75) is 26.8 Å². The van der Waals surface area contributed by atoms with E-state index >= 15 is 0 Å². The van der Waals surface area contributed by atoms with E-state index in [4.69, 9.17) is 12.2 Å². The van der Waals surface area contributed by atoms with Gasteiger partial charge in [0.2, 0.25) is 0 Å². The Labute approximate surface area is 111 Å². The van der Waals surface area contributed by atoms with E-state index in [-0.39, 0.29) is 0 Å². The van der Waals surface area contributed by atoms with Crippen LogP contribution in [-0.2, 0) is 6.54 Å². The van der Waals surface area contributed by atoms with Gasteiger partial charge in [0.15, 0.2) is 10.4 Å². The first-order chi connectivity index (χ1) is 8.22. The summed E-state index contributed by atoms with van der Waals surface area (Å²) in [7, 11) is 0. The maximum Gasteiger partial charge on any atom is 0.179 e. The van der Waals surface area contributed by atoms with Gasteiger partial charge in [-0.25, -0.2) is 4.98 Å². The molecule has 17 heavy (non-hydrogen) atoms. The number of fused-ring (bicyclic) bond motifs is 1. The largest absolute Gasteiger partial charge is 0.329 e. The molecule has 0 fully saturated rings. The van der Waals surface area contributed by atoms with Gasteiger partial charge in [0, 0.05) is 12.7 Å². The highest BCUT2D eigenvalue weighted by Gasteiger charge is 2.05. The zero-order valence-electron chi connectivity index (χ0n) is 10.2. The van der Waals surface area contributed by atoms with Crippen molar-refractivity contribution in [3.63, 3.8) is 0 Å². The van der Waals surface area contributed by atoms with Crippen LogP contribution in [0.2, 0.25) is 0 Å². The van der Waals surface area contributed by atoms with Crippen molar-refractivity contribution in [2.75, 3.05) is 11.5 Å². The highest BCUT2D eigenvalue weighted by atomic mass is 32.2. The first-order valence-corrected chi connectivity index (χ1v) is 7.41. The van der Waals surface area contributed by atoms with Crippen molar-refractivity contribution >= 4 is 35.1 Å². The zero-order chi connectivity index (χ0) is 12.3. The Morgan fingerprint density at radius 3 is 3.12 bits per heavy atom. The van der Waals surface area contributed by atoms with Crippen LogP contribution in [0.5, 0.6) is 0 Å². The van der Waals surface area contributed by atoms with Gasteiger partial charge in [-0.3, -0.25) is 0 Å². The van der Waals surface area contributed by atoms with Crippen LogP contribution in [-0.4, -0.2) is 26.0 Å². The normalized spacial score (nSPS) is 11.2. The highest BCUT2D eigenvalue weighted by molar-refractivity contribution is 7.99. The fraction of sp³-hybridized carbons (Fsp3) is 0.500. The van der Waals surface area contributed by atoms with Crippen molar-refractivity contribution in [3.05, 3.63) is 22.6 Å². The molecule has 0 aliphatic carbocycles. The number of aromatic amines is 1. The van der Waals surface area contributed by atoms with Crippen LogP contribution in [0.1, 0.15) is 18.9 Å². The number of nitrogens with zero attached hydrogens (tertiary/aromatic N) is 2. The lowest BCUT2D eigenvalue weighted by Crippen LogP contribution is -2.00. The molecule has 2 aromatic heterocycles. The summed E-state index contributed by atoms with van der Waals surface area (Å²) >= 11 is 7.30. The average Bonchev–Trinajstić information content (AvgIpc) is 2.60. The number of nitrogens with one attached hydrogen (secondary N) is 1. The second-order valence-corrected chi connectivity index (χ2v) is 5.80. The minimum Gasteiger partial charge on any atom is -0.329 e. The molecule has 0 saturated heterocycles. The Kier molecular flexibility index (Phi) is 4.23. The molecule has 0 bridgehead atoms. The van der Waals surface area contributed by atoms with Crippen LogP contribution in [0.25, 0.3) is 11.2 Å². The summed E-state index contributed by atoms with van der Waals surface area (Å²) in [6.07, 6.45) is 3.03. The third kappa shape index (κ3) is 2.90. The maximum atomic E-state index is 5.33. The molecule has 92 valence electrons. The number of aryl methyl sites for hydroxylation is 2. The van der Waals surface area contributed by atoms with Crippen molar-refractivity contribution in [1.82, 2.24) is 14.5 Å². The van der Waals surface area contributed by atoms with E-state index in [1.54, 1.807) is 0 Å². The van der Waals surface area contributed by atoms with E-state index in [9.17, 15) is 0 Å². The van der Waals surface area contributed by atoms with Crippen molar-refractivity contribution in [1.29, 1.82) is 0 Å². The summed E-state index contributed by atoms with van der Waals surface area (Å²) in [5, 5.41) is 0. The van der Waals surface area contributed by atoms with E-state index < -0.39 is 0 Å². The van der Waals surface area contributed by atoms with Crippen LogP contribution in [0.3, 0.4) is 0 Å². The number of thioether (sulfide) groups is 1. The molecular formula is C12H17N3S2. The third-order valence-corrected chi connectivity index (χ3v) is 3.93. The SMILES string of the molecule is CCSCCCn1c(=S)[nH]c2cc(C)cnc21. The van der Waals surface area contributed by atoms with Crippen LogP contribution < -0.4 is 0 Å². The lowest BCUT2D eigenvalue weighted by Gasteiger charge is -2.03. The third-order valence-electron chi connectivity index (χ3n) is 2.62. The molecule has 0 aliphatic rings. The summed E-state index contributed by atoms with van der Waals surface area (Å²) in [5.74, 6) is 2.35.